The summed E-state index contributed by atoms with van der Waals surface area (Å²) in [6.45, 7) is 2.78. The van der Waals surface area contributed by atoms with Crippen LogP contribution in [0, 0.1) is 5.82 Å². The predicted molar refractivity (Wildman–Crippen MR) is 67.1 cm³/mol. The summed E-state index contributed by atoms with van der Waals surface area (Å²) in [6.07, 6.45) is 1.68. The molecule has 1 aromatic carbocycles. The summed E-state index contributed by atoms with van der Waals surface area (Å²) in [4.78, 5) is 0. The van der Waals surface area contributed by atoms with Crippen LogP contribution in [0.1, 0.15) is 24.2 Å². The average Bonchev–Trinajstić information content (AvgIpc) is 2.89. The minimum atomic E-state index is -0.364. The fourth-order valence-electron chi connectivity index (χ4n) is 1.90. The molecule has 0 radical (unpaired) electrons. The van der Waals surface area contributed by atoms with E-state index in [0.717, 1.165) is 17.8 Å². The second-order valence-electron chi connectivity index (χ2n) is 3.90. The predicted octanol–water partition coefficient (Wildman–Crippen LogP) is 2.26. The highest BCUT2D eigenvalue weighted by atomic mass is 19.1. The molecule has 0 fully saturated rings. The first-order valence-electron chi connectivity index (χ1n) is 5.82. The number of benzene rings is 1. The molecule has 0 aliphatic rings. The van der Waals surface area contributed by atoms with Gasteiger partial charge in [-0.05, 0) is 30.3 Å². The summed E-state index contributed by atoms with van der Waals surface area (Å²) >= 11 is 0. The molecule has 0 aliphatic heterocycles. The molecule has 2 aromatic rings. The van der Waals surface area contributed by atoms with Crippen LogP contribution in [-0.2, 0) is 0 Å². The van der Waals surface area contributed by atoms with E-state index in [4.69, 9.17) is 4.74 Å². The van der Waals surface area contributed by atoms with Crippen molar-refractivity contribution in [1.82, 2.24) is 15.5 Å². The lowest BCUT2D eigenvalue weighted by Gasteiger charge is -2.17. The monoisotopic (exact) mass is 249 g/mol. The summed E-state index contributed by atoms with van der Waals surface area (Å²) in [5, 5.41) is 10.1. The molecule has 0 spiro atoms. The number of halogens is 1. The third-order valence-electron chi connectivity index (χ3n) is 2.75. The lowest BCUT2D eigenvalue weighted by Crippen LogP contribution is -2.22. The first-order chi connectivity index (χ1) is 8.76. The van der Waals surface area contributed by atoms with Gasteiger partial charge in [-0.2, -0.15) is 5.10 Å². The van der Waals surface area contributed by atoms with Crippen molar-refractivity contribution in [3.63, 3.8) is 0 Å². The Morgan fingerprint density at radius 3 is 2.83 bits per heavy atom. The van der Waals surface area contributed by atoms with E-state index >= 15 is 0 Å². The van der Waals surface area contributed by atoms with Crippen LogP contribution in [0.5, 0.6) is 5.75 Å². The van der Waals surface area contributed by atoms with Crippen LogP contribution < -0.4 is 10.1 Å². The second-order valence-corrected chi connectivity index (χ2v) is 3.90. The van der Waals surface area contributed by atoms with Gasteiger partial charge in [0.25, 0.3) is 0 Å². The molecule has 5 heteroatoms. The highest BCUT2D eigenvalue weighted by Gasteiger charge is 2.16. The first kappa shape index (κ1) is 12.6. The molecule has 1 heterocycles. The fraction of sp³-hybridized carbons (Fsp3) is 0.308. The highest BCUT2D eigenvalue weighted by molar-refractivity contribution is 5.34. The van der Waals surface area contributed by atoms with Crippen LogP contribution in [0.4, 0.5) is 4.39 Å². The van der Waals surface area contributed by atoms with Crippen molar-refractivity contribution >= 4 is 0 Å². The minimum absolute atomic E-state index is 0.0992. The molecule has 2 N–H and O–H groups in total. The van der Waals surface area contributed by atoms with E-state index in [9.17, 15) is 4.39 Å². The number of hydrogen-bond donors (Lipinski definition) is 2. The molecule has 18 heavy (non-hydrogen) atoms. The number of nitrogens with zero attached hydrogens (tertiary/aromatic N) is 1. The minimum Gasteiger partial charge on any atom is -0.494 e. The zero-order valence-electron chi connectivity index (χ0n) is 10.4. The Kier molecular flexibility index (Phi) is 3.94. The molecule has 0 amide bonds. The summed E-state index contributed by atoms with van der Waals surface area (Å²) in [5.41, 5.74) is 1.74. The van der Waals surface area contributed by atoms with Gasteiger partial charge in [-0.25, -0.2) is 4.39 Å². The molecule has 1 atom stereocenters. The lowest BCUT2D eigenvalue weighted by molar-refractivity contribution is 0.385. The van der Waals surface area contributed by atoms with Crippen molar-refractivity contribution < 1.29 is 9.13 Å². The van der Waals surface area contributed by atoms with Crippen LogP contribution in [0.2, 0.25) is 0 Å². The number of H-pyrrole nitrogens is 1. The molecule has 96 valence electrons. The Bertz CT molecular complexity index is 499. The van der Waals surface area contributed by atoms with Crippen molar-refractivity contribution in [1.29, 1.82) is 0 Å². The summed E-state index contributed by atoms with van der Waals surface area (Å²) in [6, 6.07) is 6.72. The number of rotatable bonds is 5. The van der Waals surface area contributed by atoms with Gasteiger partial charge >= 0.3 is 0 Å². The number of aromatic amines is 1. The molecule has 1 unspecified atom stereocenters. The van der Waals surface area contributed by atoms with Gasteiger partial charge < -0.3 is 10.1 Å². The fourth-order valence-corrected chi connectivity index (χ4v) is 1.90. The molecule has 0 saturated carbocycles. The van der Waals surface area contributed by atoms with E-state index in [1.165, 1.54) is 13.2 Å². The second kappa shape index (κ2) is 5.64. The quantitative estimate of drug-likeness (QED) is 0.854. The van der Waals surface area contributed by atoms with Crippen LogP contribution >= 0.6 is 0 Å². The van der Waals surface area contributed by atoms with Crippen molar-refractivity contribution in [2.45, 2.75) is 13.0 Å². The summed E-state index contributed by atoms with van der Waals surface area (Å²) in [7, 11) is 1.45. The SMILES string of the molecule is CCNC(c1ccc(OC)c(F)c1)c1ccn[nH]1. The van der Waals surface area contributed by atoms with Gasteiger partial charge in [0, 0.05) is 6.20 Å². The van der Waals surface area contributed by atoms with Crippen molar-refractivity contribution in [3.05, 3.63) is 47.5 Å². The number of ether oxygens (including phenoxy) is 1. The zero-order valence-corrected chi connectivity index (χ0v) is 10.4. The number of nitrogens with one attached hydrogen (secondary N) is 2. The highest BCUT2D eigenvalue weighted by Crippen LogP contribution is 2.25. The maximum Gasteiger partial charge on any atom is 0.165 e. The van der Waals surface area contributed by atoms with Gasteiger partial charge in [0.05, 0.1) is 18.8 Å². The molecule has 0 saturated heterocycles. The van der Waals surface area contributed by atoms with E-state index in [1.807, 2.05) is 19.1 Å². The Hall–Kier alpha value is -1.88. The van der Waals surface area contributed by atoms with Crippen molar-refractivity contribution in [2.75, 3.05) is 13.7 Å². The molecule has 0 bridgehead atoms. The molecular weight excluding hydrogens is 233 g/mol. The summed E-state index contributed by atoms with van der Waals surface area (Å²) in [5.74, 6) is -0.115. The third-order valence-corrected chi connectivity index (χ3v) is 2.75. The van der Waals surface area contributed by atoms with Crippen LogP contribution in [-0.4, -0.2) is 23.9 Å². The van der Waals surface area contributed by atoms with Crippen LogP contribution in [0.3, 0.4) is 0 Å². The Balaban J connectivity index is 2.34. The Morgan fingerprint density at radius 2 is 2.28 bits per heavy atom. The molecule has 2 rings (SSSR count). The molecule has 1 aromatic heterocycles. The Labute approximate surface area is 105 Å². The van der Waals surface area contributed by atoms with Crippen molar-refractivity contribution in [2.24, 2.45) is 0 Å². The van der Waals surface area contributed by atoms with Crippen molar-refractivity contribution in [3.8, 4) is 5.75 Å². The van der Waals surface area contributed by atoms with Crippen LogP contribution in [0.25, 0.3) is 0 Å². The van der Waals surface area contributed by atoms with Gasteiger partial charge in [-0.3, -0.25) is 5.10 Å². The number of aromatic nitrogens is 2. The maximum absolute atomic E-state index is 13.7. The van der Waals surface area contributed by atoms with Gasteiger partial charge in [0.1, 0.15) is 0 Å². The summed E-state index contributed by atoms with van der Waals surface area (Å²) < 4.78 is 18.6. The molecule has 4 nitrogen and oxygen atoms in total. The van der Waals surface area contributed by atoms with E-state index in [1.54, 1.807) is 12.3 Å². The van der Waals surface area contributed by atoms with E-state index in [-0.39, 0.29) is 17.6 Å². The smallest absolute Gasteiger partial charge is 0.165 e. The third kappa shape index (κ3) is 2.51. The number of hydrogen-bond acceptors (Lipinski definition) is 3. The van der Waals surface area contributed by atoms with Gasteiger partial charge in [-0.1, -0.05) is 13.0 Å². The average molecular weight is 249 g/mol. The largest absolute Gasteiger partial charge is 0.494 e. The van der Waals surface area contributed by atoms with E-state index in [0.29, 0.717) is 0 Å². The van der Waals surface area contributed by atoms with Gasteiger partial charge in [-0.15, -0.1) is 0 Å². The van der Waals surface area contributed by atoms with Gasteiger partial charge in [0.15, 0.2) is 11.6 Å². The first-order valence-corrected chi connectivity index (χ1v) is 5.82. The maximum atomic E-state index is 13.7. The number of methoxy groups -OCH3 is 1. The normalized spacial score (nSPS) is 12.4. The zero-order chi connectivity index (χ0) is 13.0. The molecule has 0 aliphatic carbocycles. The van der Waals surface area contributed by atoms with E-state index in [2.05, 4.69) is 15.5 Å². The van der Waals surface area contributed by atoms with E-state index < -0.39 is 0 Å². The molecular formula is C13H16FN3O. The lowest BCUT2D eigenvalue weighted by atomic mass is 10.0. The topological polar surface area (TPSA) is 49.9 Å². The Morgan fingerprint density at radius 1 is 1.44 bits per heavy atom. The van der Waals surface area contributed by atoms with Gasteiger partial charge in [0.2, 0.25) is 0 Å². The van der Waals surface area contributed by atoms with Crippen LogP contribution in [0.15, 0.2) is 30.5 Å². The standard InChI is InChI=1S/C13H16FN3O/c1-3-15-13(11-6-7-16-17-11)9-4-5-12(18-2)10(14)8-9/h4-8,13,15H,3H2,1-2H3,(H,16,17).